The van der Waals surface area contributed by atoms with Crippen LogP contribution in [0.15, 0.2) is 29.6 Å². The molecule has 0 unspecified atom stereocenters. The van der Waals surface area contributed by atoms with E-state index in [0.717, 1.165) is 28.8 Å². The molecule has 2 heterocycles. The van der Waals surface area contributed by atoms with Gasteiger partial charge in [0.1, 0.15) is 0 Å². The maximum absolute atomic E-state index is 5.69. The smallest absolute Gasteiger partial charge is 0.151 e. The maximum Gasteiger partial charge on any atom is 0.151 e. The van der Waals surface area contributed by atoms with Crippen LogP contribution in [0.2, 0.25) is 0 Å². The van der Waals surface area contributed by atoms with Crippen LogP contribution in [-0.2, 0) is 20.0 Å². The molecule has 4 heteroatoms. The fraction of sp³-hybridized carbons (Fsp3) is 0.267. The van der Waals surface area contributed by atoms with E-state index < -0.39 is 0 Å². The van der Waals surface area contributed by atoms with Gasteiger partial charge in [-0.1, -0.05) is 13.0 Å². The topological polar surface area (TPSA) is 43.8 Å². The first-order chi connectivity index (χ1) is 9.24. The summed E-state index contributed by atoms with van der Waals surface area (Å²) in [5, 5.41) is 2.14. The summed E-state index contributed by atoms with van der Waals surface area (Å²) in [5.41, 5.74) is 10.4. The lowest BCUT2D eigenvalue weighted by Gasteiger charge is -2.02. The van der Waals surface area contributed by atoms with Gasteiger partial charge in [0.25, 0.3) is 0 Å². The van der Waals surface area contributed by atoms with Crippen molar-refractivity contribution in [2.75, 3.05) is 0 Å². The van der Waals surface area contributed by atoms with Crippen LogP contribution >= 0.6 is 11.3 Å². The second-order valence-corrected chi connectivity index (χ2v) is 5.57. The van der Waals surface area contributed by atoms with Crippen LogP contribution in [0.5, 0.6) is 0 Å². The van der Waals surface area contributed by atoms with Crippen molar-refractivity contribution in [1.29, 1.82) is 0 Å². The molecule has 0 bridgehead atoms. The van der Waals surface area contributed by atoms with Crippen molar-refractivity contribution in [3.8, 4) is 10.7 Å². The van der Waals surface area contributed by atoms with Gasteiger partial charge < -0.3 is 10.3 Å². The monoisotopic (exact) mass is 271 g/mol. The van der Waals surface area contributed by atoms with E-state index in [2.05, 4.69) is 48.2 Å². The summed E-state index contributed by atoms with van der Waals surface area (Å²) < 4.78 is 2.17. The summed E-state index contributed by atoms with van der Waals surface area (Å²) in [6.07, 6.45) is 1.04. The number of aromatic nitrogens is 2. The maximum atomic E-state index is 5.69. The van der Waals surface area contributed by atoms with E-state index in [-0.39, 0.29) is 0 Å². The second kappa shape index (κ2) is 4.79. The Balaban J connectivity index is 2.22. The fourth-order valence-corrected chi connectivity index (χ4v) is 3.41. The lowest BCUT2D eigenvalue weighted by atomic mass is 10.2. The molecule has 1 aromatic carbocycles. The predicted octanol–water partition coefficient (Wildman–Crippen LogP) is 3.32. The summed E-state index contributed by atoms with van der Waals surface area (Å²) in [5.74, 6) is 1.05. The normalized spacial score (nSPS) is 11.3. The Morgan fingerprint density at radius 2 is 2.16 bits per heavy atom. The van der Waals surface area contributed by atoms with Gasteiger partial charge in [-0.3, -0.25) is 0 Å². The van der Waals surface area contributed by atoms with Crippen LogP contribution in [0.1, 0.15) is 18.1 Å². The van der Waals surface area contributed by atoms with Gasteiger partial charge in [-0.15, -0.1) is 11.3 Å². The molecule has 0 spiro atoms. The zero-order valence-corrected chi connectivity index (χ0v) is 12.0. The zero-order valence-electron chi connectivity index (χ0n) is 11.2. The molecule has 0 saturated heterocycles. The van der Waals surface area contributed by atoms with Crippen LogP contribution in [0.3, 0.4) is 0 Å². The lowest BCUT2D eigenvalue weighted by molar-refractivity contribution is 0.958. The van der Waals surface area contributed by atoms with Gasteiger partial charge in [0.2, 0.25) is 0 Å². The quantitative estimate of drug-likeness (QED) is 0.794. The molecule has 0 aliphatic carbocycles. The number of hydrogen-bond acceptors (Lipinski definition) is 3. The fourth-order valence-electron chi connectivity index (χ4n) is 2.39. The van der Waals surface area contributed by atoms with Crippen molar-refractivity contribution in [2.45, 2.75) is 19.9 Å². The van der Waals surface area contributed by atoms with E-state index in [0.29, 0.717) is 6.54 Å². The van der Waals surface area contributed by atoms with Crippen LogP contribution < -0.4 is 5.73 Å². The molecule has 19 heavy (non-hydrogen) atoms. The van der Waals surface area contributed by atoms with E-state index >= 15 is 0 Å². The third kappa shape index (κ3) is 1.97. The molecular weight excluding hydrogens is 254 g/mol. The molecule has 2 N–H and O–H groups in total. The molecule has 3 nitrogen and oxygen atoms in total. The highest BCUT2D eigenvalue weighted by atomic mass is 32.1. The van der Waals surface area contributed by atoms with Gasteiger partial charge in [-0.05, 0) is 41.1 Å². The molecule has 0 radical (unpaired) electrons. The number of fused-ring (bicyclic) bond motifs is 1. The standard InChI is InChI=1S/C15H17N3S/c1-3-11-6-7-19-14(11)15-17-12-8-10(9-16)4-5-13(12)18(15)2/h4-8H,3,9,16H2,1-2H3. The average molecular weight is 271 g/mol. The minimum Gasteiger partial charge on any atom is -0.326 e. The molecule has 0 saturated carbocycles. The Kier molecular flexibility index (Phi) is 3.12. The van der Waals surface area contributed by atoms with E-state index in [9.17, 15) is 0 Å². The second-order valence-electron chi connectivity index (χ2n) is 4.65. The first-order valence-electron chi connectivity index (χ1n) is 6.46. The Labute approximate surface area is 116 Å². The Bertz CT molecular complexity index is 724. The molecule has 2 aromatic heterocycles. The Morgan fingerprint density at radius 3 is 2.89 bits per heavy atom. The zero-order chi connectivity index (χ0) is 13.4. The van der Waals surface area contributed by atoms with Crippen LogP contribution in [0.4, 0.5) is 0 Å². The molecule has 3 rings (SSSR count). The highest BCUT2D eigenvalue weighted by molar-refractivity contribution is 7.13. The summed E-state index contributed by atoms with van der Waals surface area (Å²) in [6.45, 7) is 2.74. The van der Waals surface area contributed by atoms with Crippen LogP contribution in [0, 0.1) is 0 Å². The molecule has 98 valence electrons. The van der Waals surface area contributed by atoms with E-state index in [1.165, 1.54) is 10.4 Å². The van der Waals surface area contributed by atoms with E-state index in [1.807, 2.05) is 0 Å². The first kappa shape index (κ1) is 12.4. The molecule has 0 fully saturated rings. The summed E-state index contributed by atoms with van der Waals surface area (Å²) in [4.78, 5) is 6.06. The molecule has 0 amide bonds. The Hall–Kier alpha value is -1.65. The number of nitrogens with zero attached hydrogens (tertiary/aromatic N) is 2. The van der Waals surface area contributed by atoms with E-state index in [4.69, 9.17) is 10.7 Å². The molecule has 0 aliphatic heterocycles. The van der Waals surface area contributed by atoms with Gasteiger partial charge in [-0.25, -0.2) is 4.98 Å². The number of nitrogens with two attached hydrogens (primary N) is 1. The predicted molar refractivity (Wildman–Crippen MR) is 81.3 cm³/mol. The number of aryl methyl sites for hydroxylation is 2. The average Bonchev–Trinajstić information content (AvgIpc) is 3.02. The first-order valence-corrected chi connectivity index (χ1v) is 7.34. The van der Waals surface area contributed by atoms with Crippen molar-refractivity contribution in [1.82, 2.24) is 9.55 Å². The number of rotatable bonds is 3. The van der Waals surface area contributed by atoms with Gasteiger partial charge in [0.15, 0.2) is 5.82 Å². The number of benzene rings is 1. The molecule has 0 aliphatic rings. The molecule has 3 aromatic rings. The van der Waals surface area contributed by atoms with Gasteiger partial charge >= 0.3 is 0 Å². The number of thiophene rings is 1. The minimum atomic E-state index is 0.557. The third-order valence-electron chi connectivity index (χ3n) is 3.51. The number of hydrogen-bond donors (Lipinski definition) is 1. The molecular formula is C15H17N3S. The highest BCUT2D eigenvalue weighted by Gasteiger charge is 2.14. The SMILES string of the molecule is CCc1ccsc1-c1nc2cc(CN)ccc2n1C. The minimum absolute atomic E-state index is 0.557. The third-order valence-corrected chi connectivity index (χ3v) is 4.46. The summed E-state index contributed by atoms with van der Waals surface area (Å²) in [6, 6.07) is 8.44. The van der Waals surface area contributed by atoms with Gasteiger partial charge in [0.05, 0.1) is 15.9 Å². The van der Waals surface area contributed by atoms with Crippen molar-refractivity contribution in [3.63, 3.8) is 0 Å². The van der Waals surface area contributed by atoms with Crippen molar-refractivity contribution in [3.05, 3.63) is 40.8 Å². The lowest BCUT2D eigenvalue weighted by Crippen LogP contribution is -1.95. The molecule has 0 atom stereocenters. The van der Waals surface area contributed by atoms with Gasteiger partial charge in [0, 0.05) is 13.6 Å². The van der Waals surface area contributed by atoms with Crippen molar-refractivity contribution in [2.24, 2.45) is 12.8 Å². The number of imidazole rings is 1. The highest BCUT2D eigenvalue weighted by Crippen LogP contribution is 2.31. The summed E-state index contributed by atoms with van der Waals surface area (Å²) >= 11 is 1.76. The van der Waals surface area contributed by atoms with Gasteiger partial charge in [-0.2, -0.15) is 0 Å². The largest absolute Gasteiger partial charge is 0.326 e. The Morgan fingerprint density at radius 1 is 1.32 bits per heavy atom. The van der Waals surface area contributed by atoms with E-state index in [1.54, 1.807) is 11.3 Å². The van der Waals surface area contributed by atoms with Crippen molar-refractivity contribution >= 4 is 22.4 Å². The summed E-state index contributed by atoms with van der Waals surface area (Å²) in [7, 11) is 2.08. The van der Waals surface area contributed by atoms with Crippen LogP contribution in [0.25, 0.3) is 21.7 Å². The van der Waals surface area contributed by atoms with Crippen LogP contribution in [-0.4, -0.2) is 9.55 Å². The van der Waals surface area contributed by atoms with Crippen molar-refractivity contribution < 1.29 is 0 Å².